The summed E-state index contributed by atoms with van der Waals surface area (Å²) in [4.78, 5) is 17.0. The molecule has 30 heavy (non-hydrogen) atoms. The van der Waals surface area contributed by atoms with Gasteiger partial charge in [0.2, 0.25) is 10.0 Å². The second-order valence-electron chi connectivity index (χ2n) is 6.12. The van der Waals surface area contributed by atoms with Gasteiger partial charge >= 0.3 is 0 Å². The van der Waals surface area contributed by atoms with Gasteiger partial charge in [0.05, 0.1) is 4.90 Å². The van der Waals surface area contributed by atoms with Crippen molar-refractivity contribution in [2.24, 2.45) is 10.9 Å². The maximum Gasteiger partial charge on any atom is 0.265 e. The Morgan fingerprint density at radius 3 is 2.27 bits per heavy atom. The van der Waals surface area contributed by atoms with Gasteiger partial charge in [0.15, 0.2) is 12.4 Å². The predicted molar refractivity (Wildman–Crippen MR) is 115 cm³/mol. The van der Waals surface area contributed by atoms with Crippen molar-refractivity contribution >= 4 is 27.5 Å². The fourth-order valence-corrected chi connectivity index (χ4v) is 3.95. The van der Waals surface area contributed by atoms with E-state index in [-0.39, 0.29) is 23.9 Å². The highest BCUT2D eigenvalue weighted by molar-refractivity contribution is 7.89. The zero-order valence-electron chi connectivity index (χ0n) is 16.9. The molecule has 0 aliphatic carbocycles. The minimum atomic E-state index is -3.54. The van der Waals surface area contributed by atoms with Gasteiger partial charge in [0.1, 0.15) is 12.4 Å². The topological polar surface area (TPSA) is 123 Å². The Morgan fingerprint density at radius 2 is 1.67 bits per heavy atom. The van der Waals surface area contributed by atoms with Crippen LogP contribution in [0.3, 0.4) is 0 Å². The van der Waals surface area contributed by atoms with E-state index in [0.717, 1.165) is 0 Å². The lowest BCUT2D eigenvalue weighted by atomic mass is 10.3. The zero-order valence-corrected chi connectivity index (χ0v) is 17.8. The van der Waals surface area contributed by atoms with E-state index in [0.29, 0.717) is 24.5 Å². The van der Waals surface area contributed by atoms with Crippen molar-refractivity contribution in [2.75, 3.05) is 31.6 Å². The molecule has 10 heteroatoms. The van der Waals surface area contributed by atoms with Crippen LogP contribution in [-0.4, -0.2) is 50.8 Å². The molecule has 9 nitrogen and oxygen atoms in total. The third-order valence-corrected chi connectivity index (χ3v) is 6.05. The van der Waals surface area contributed by atoms with Crippen LogP contribution in [0.25, 0.3) is 0 Å². The average molecular weight is 435 g/mol. The number of nitrogens with zero attached hydrogens (tertiary/aromatic N) is 2. The molecule has 0 unspecified atom stereocenters. The molecule has 0 bridgehead atoms. The van der Waals surface area contributed by atoms with Crippen LogP contribution < -0.4 is 15.8 Å². The Balaban J connectivity index is 1.82. The number of amidine groups is 1. The summed E-state index contributed by atoms with van der Waals surface area (Å²) >= 11 is 0. The van der Waals surface area contributed by atoms with Crippen molar-refractivity contribution in [1.82, 2.24) is 4.31 Å². The number of hydrogen-bond acceptors (Lipinski definition) is 6. The van der Waals surface area contributed by atoms with E-state index in [9.17, 15) is 13.2 Å². The van der Waals surface area contributed by atoms with Crippen LogP contribution >= 0.6 is 0 Å². The highest BCUT2D eigenvalue weighted by atomic mass is 32.2. The second kappa shape index (κ2) is 11.2. The van der Waals surface area contributed by atoms with Crippen LogP contribution in [0, 0.1) is 0 Å². The summed E-state index contributed by atoms with van der Waals surface area (Å²) < 4.78 is 31.7. The lowest BCUT2D eigenvalue weighted by molar-refractivity contribution is -0.120. The fraction of sp³-hybridized carbons (Fsp3) is 0.300. The van der Waals surface area contributed by atoms with E-state index < -0.39 is 15.9 Å². The molecule has 1 amide bonds. The van der Waals surface area contributed by atoms with Gasteiger partial charge < -0.3 is 20.6 Å². The standard InChI is InChI=1S/C20H26N4O5S/c1-3-24(4-2)30(26,27)18-12-10-16(11-13-18)22-20(25)15-29-23-19(21)14-28-17-8-6-5-7-9-17/h5-13H,3-4,14-15H2,1-2H3,(H2,21,23)(H,22,25). The molecule has 0 heterocycles. The number of nitrogens with two attached hydrogens (primary N) is 1. The van der Waals surface area contributed by atoms with Crippen LogP contribution in [0.15, 0.2) is 64.6 Å². The fourth-order valence-electron chi connectivity index (χ4n) is 2.49. The Hall–Kier alpha value is -3.11. The number of rotatable bonds is 11. The van der Waals surface area contributed by atoms with Gasteiger partial charge in [-0.3, -0.25) is 4.79 Å². The molecule has 0 aliphatic rings. The largest absolute Gasteiger partial charge is 0.486 e. The summed E-state index contributed by atoms with van der Waals surface area (Å²) in [5, 5.41) is 6.22. The Kier molecular flexibility index (Phi) is 8.63. The number of amides is 1. The van der Waals surface area contributed by atoms with Gasteiger partial charge in [-0.2, -0.15) is 4.31 Å². The molecular formula is C20H26N4O5S. The maximum atomic E-state index is 12.5. The molecule has 2 aromatic carbocycles. The third kappa shape index (κ3) is 6.75. The van der Waals surface area contributed by atoms with Crippen molar-refractivity contribution in [1.29, 1.82) is 0 Å². The number of oxime groups is 1. The van der Waals surface area contributed by atoms with Crippen LogP contribution in [-0.2, 0) is 19.7 Å². The minimum absolute atomic E-state index is 0.0219. The summed E-state index contributed by atoms with van der Waals surface area (Å²) in [6.07, 6.45) is 0. The molecule has 0 radical (unpaired) electrons. The number of para-hydroxylation sites is 1. The van der Waals surface area contributed by atoms with Gasteiger partial charge in [-0.05, 0) is 36.4 Å². The van der Waals surface area contributed by atoms with Crippen molar-refractivity contribution in [3.63, 3.8) is 0 Å². The molecule has 0 saturated carbocycles. The van der Waals surface area contributed by atoms with Crippen molar-refractivity contribution < 1.29 is 22.8 Å². The quantitative estimate of drug-likeness (QED) is 0.317. The first-order chi connectivity index (χ1) is 14.4. The number of anilines is 1. The zero-order chi connectivity index (χ0) is 22.0. The minimum Gasteiger partial charge on any atom is -0.486 e. The predicted octanol–water partition coefficient (Wildman–Crippen LogP) is 2.02. The molecule has 0 fully saturated rings. The van der Waals surface area contributed by atoms with Crippen LogP contribution in [0.1, 0.15) is 13.8 Å². The van der Waals surface area contributed by atoms with Gasteiger partial charge in [0.25, 0.3) is 5.91 Å². The molecular weight excluding hydrogens is 408 g/mol. The summed E-state index contributed by atoms with van der Waals surface area (Å²) in [6, 6.07) is 15.0. The molecule has 2 rings (SSSR count). The monoisotopic (exact) mass is 434 g/mol. The van der Waals surface area contributed by atoms with Crippen LogP contribution in [0.5, 0.6) is 5.75 Å². The lowest BCUT2D eigenvalue weighted by Crippen LogP contribution is -2.30. The Bertz CT molecular complexity index is 943. The molecule has 162 valence electrons. The highest BCUT2D eigenvalue weighted by Gasteiger charge is 2.21. The number of nitrogens with one attached hydrogen (secondary N) is 1. The number of carbonyl (C=O) groups excluding carboxylic acids is 1. The average Bonchev–Trinajstić information content (AvgIpc) is 2.74. The Morgan fingerprint density at radius 1 is 1.03 bits per heavy atom. The molecule has 3 N–H and O–H groups in total. The number of sulfonamides is 1. The lowest BCUT2D eigenvalue weighted by Gasteiger charge is -2.18. The van der Waals surface area contributed by atoms with E-state index in [1.54, 1.807) is 26.0 Å². The Labute approximate surface area is 176 Å². The van der Waals surface area contributed by atoms with Crippen LogP contribution in [0.2, 0.25) is 0 Å². The van der Waals surface area contributed by atoms with Crippen molar-refractivity contribution in [3.8, 4) is 5.75 Å². The summed E-state index contributed by atoms with van der Waals surface area (Å²) in [5.74, 6) is 0.257. The summed E-state index contributed by atoms with van der Waals surface area (Å²) in [5.41, 5.74) is 6.11. The smallest absolute Gasteiger partial charge is 0.265 e. The van der Waals surface area contributed by atoms with E-state index in [2.05, 4.69) is 10.5 Å². The molecule has 0 aromatic heterocycles. The molecule has 0 spiro atoms. The number of hydrogen-bond donors (Lipinski definition) is 2. The molecule has 0 atom stereocenters. The number of ether oxygens (including phenoxy) is 1. The van der Waals surface area contributed by atoms with Crippen molar-refractivity contribution in [3.05, 3.63) is 54.6 Å². The summed E-state index contributed by atoms with van der Waals surface area (Å²) in [7, 11) is -3.54. The first-order valence-electron chi connectivity index (χ1n) is 9.39. The van der Waals surface area contributed by atoms with Gasteiger partial charge in [-0.15, -0.1) is 0 Å². The van der Waals surface area contributed by atoms with E-state index in [1.165, 1.54) is 28.6 Å². The SMILES string of the molecule is CCN(CC)S(=O)(=O)c1ccc(NC(=O)CO/N=C(/N)COc2ccccc2)cc1. The number of benzene rings is 2. The highest BCUT2D eigenvalue weighted by Crippen LogP contribution is 2.18. The first kappa shape index (κ1) is 23.2. The van der Waals surface area contributed by atoms with Crippen molar-refractivity contribution in [2.45, 2.75) is 18.7 Å². The van der Waals surface area contributed by atoms with E-state index in [1.807, 2.05) is 18.2 Å². The molecule has 0 saturated heterocycles. The van der Waals surface area contributed by atoms with Gasteiger partial charge in [0, 0.05) is 18.8 Å². The summed E-state index contributed by atoms with van der Waals surface area (Å²) in [6.45, 7) is 3.99. The maximum absolute atomic E-state index is 12.5. The van der Waals surface area contributed by atoms with E-state index in [4.69, 9.17) is 15.3 Å². The molecule has 0 aliphatic heterocycles. The second-order valence-corrected chi connectivity index (χ2v) is 8.06. The third-order valence-electron chi connectivity index (χ3n) is 3.99. The van der Waals surface area contributed by atoms with Gasteiger partial charge in [-0.1, -0.05) is 37.2 Å². The number of carbonyl (C=O) groups is 1. The van der Waals surface area contributed by atoms with Gasteiger partial charge in [-0.25, -0.2) is 8.42 Å². The van der Waals surface area contributed by atoms with Crippen LogP contribution in [0.4, 0.5) is 5.69 Å². The van der Waals surface area contributed by atoms with E-state index >= 15 is 0 Å². The first-order valence-corrected chi connectivity index (χ1v) is 10.8. The normalized spacial score (nSPS) is 11.9. The molecule has 2 aromatic rings.